The van der Waals surface area contributed by atoms with Crippen LogP contribution < -0.4 is 11.1 Å². The first-order chi connectivity index (χ1) is 10.7. The number of nitrogens with one attached hydrogen (secondary N) is 1. The number of hydrogen-bond acceptors (Lipinski definition) is 10. The maximum Gasteiger partial charge on any atom is 0.212 e. The van der Waals surface area contributed by atoms with Gasteiger partial charge in [0.25, 0.3) is 0 Å². The summed E-state index contributed by atoms with van der Waals surface area (Å²) < 4.78 is 0.819. The second-order valence-electron chi connectivity index (χ2n) is 2.66. The minimum Gasteiger partial charge on any atom is -0.330 e. The van der Waals surface area contributed by atoms with Crippen molar-refractivity contribution in [2.24, 2.45) is 15.8 Å². The molecule has 1 rings (SSSR count). The molecule has 0 aromatic heterocycles. The maximum absolute atomic E-state index is 8.07. The Morgan fingerprint density at radius 2 is 2.04 bits per heavy atom. The molecule has 0 aliphatic carbocycles. The monoisotopic (exact) mass is 448 g/mol. The zero-order valence-corrected chi connectivity index (χ0v) is 18.6. The van der Waals surface area contributed by atoms with Gasteiger partial charge < -0.3 is 5.73 Å². The zero-order chi connectivity index (χ0) is 17.6. The van der Waals surface area contributed by atoms with E-state index in [2.05, 4.69) is 45.6 Å². The van der Waals surface area contributed by atoms with Crippen LogP contribution in [0.5, 0.6) is 0 Å². The van der Waals surface area contributed by atoms with Crippen molar-refractivity contribution in [1.29, 1.82) is 5.26 Å². The summed E-state index contributed by atoms with van der Waals surface area (Å²) in [6.45, 7) is 7.88. The molecule has 0 radical (unpaired) electrons. The number of thioether (sulfide) groups is 3. The second kappa shape index (κ2) is 34.5. The molecule has 0 bridgehead atoms. The molecule has 12 heteroatoms. The molecule has 0 aromatic rings. The first-order valence-electron chi connectivity index (χ1n) is 5.80. The largest absolute Gasteiger partial charge is 0.330 e. The summed E-state index contributed by atoms with van der Waals surface area (Å²) in [7, 11) is 0. The van der Waals surface area contributed by atoms with Crippen molar-refractivity contribution < 1.29 is 0 Å². The highest BCUT2D eigenvalue weighted by Gasteiger charge is 2.03. The fourth-order valence-corrected chi connectivity index (χ4v) is 2.25. The van der Waals surface area contributed by atoms with Crippen LogP contribution in [-0.2, 0) is 0 Å². The SMILES string of the molecule is C.CS.N#CNC1=NCCS1.NCCS.S.[C-]#[N+]N=C(SC)SC. The van der Waals surface area contributed by atoms with Crippen LogP contribution in [0.3, 0.4) is 0 Å². The third kappa shape index (κ3) is 30.1. The highest BCUT2D eigenvalue weighted by Crippen LogP contribution is 2.10. The molecule has 0 amide bonds. The van der Waals surface area contributed by atoms with Crippen molar-refractivity contribution in [3.63, 3.8) is 0 Å². The Bertz CT molecular complexity index is 369. The molecule has 0 atom stereocenters. The summed E-state index contributed by atoms with van der Waals surface area (Å²) >= 11 is 11.9. The molecule has 0 aromatic carbocycles. The molecule has 24 heavy (non-hydrogen) atoms. The maximum atomic E-state index is 8.07. The van der Waals surface area contributed by atoms with Crippen LogP contribution in [-0.4, -0.2) is 52.9 Å². The molecule has 3 N–H and O–H groups in total. The molecule has 6 nitrogen and oxygen atoms in total. The van der Waals surface area contributed by atoms with Gasteiger partial charge in [-0.05, 0) is 18.8 Å². The predicted octanol–water partition coefficient (Wildman–Crippen LogP) is 3.23. The third-order valence-corrected chi connectivity index (χ3v) is 4.37. The number of aliphatic imine (C=N–C) groups is 1. The van der Waals surface area contributed by atoms with Crippen LogP contribution in [0, 0.1) is 18.0 Å². The first kappa shape index (κ1) is 35.3. The van der Waals surface area contributed by atoms with Gasteiger partial charge in [-0.3, -0.25) is 10.3 Å². The second-order valence-corrected chi connectivity index (χ2v) is 6.04. The fourth-order valence-electron chi connectivity index (χ4n) is 0.664. The number of hydrogen-bond donors (Lipinski definition) is 4. The summed E-state index contributed by atoms with van der Waals surface area (Å²) in [5.74, 6) is 1.80. The molecular weight excluding hydrogens is 421 g/mol. The summed E-state index contributed by atoms with van der Waals surface area (Å²) in [6, 6.07) is 0. The smallest absolute Gasteiger partial charge is 0.212 e. The minimum atomic E-state index is 0. The van der Waals surface area contributed by atoms with E-state index < -0.39 is 0 Å². The van der Waals surface area contributed by atoms with E-state index in [0.717, 1.165) is 27.6 Å². The highest BCUT2D eigenvalue weighted by molar-refractivity contribution is 8.38. The average molecular weight is 449 g/mol. The number of nitrogens with zero attached hydrogens (tertiary/aromatic N) is 4. The Morgan fingerprint density at radius 1 is 1.54 bits per heavy atom. The Kier molecular flexibility index (Phi) is 50.8. The van der Waals surface area contributed by atoms with Gasteiger partial charge in [0.05, 0.1) is 6.54 Å². The Balaban J connectivity index is -0.0000000718. The van der Waals surface area contributed by atoms with Crippen molar-refractivity contribution in [3.05, 3.63) is 11.5 Å². The first-order valence-corrected chi connectivity index (χ1v) is 10.8. The summed E-state index contributed by atoms with van der Waals surface area (Å²) in [6.07, 6.45) is 7.31. The van der Waals surface area contributed by atoms with Gasteiger partial charge >= 0.3 is 0 Å². The van der Waals surface area contributed by atoms with E-state index in [-0.39, 0.29) is 20.9 Å². The Morgan fingerprint density at radius 3 is 2.25 bits per heavy atom. The standard InChI is InChI=1S/C4H5N3S.C4H6N2S2.C2H7NS.CH4S.CH4.H2S/c5-3-7-4-6-1-2-8-4;1-5-6-4(7-2)8-3;3-1-2-4;1-2;;/h1-2H2,(H,6,7);2-3H3;4H,1-3H2;2H,1H3;1H4;1H2. The minimum absolute atomic E-state index is 0. The molecule has 0 fully saturated rings. The van der Waals surface area contributed by atoms with Crippen LogP contribution in [0.1, 0.15) is 7.43 Å². The molecule has 0 saturated carbocycles. The lowest BCUT2D eigenvalue weighted by atomic mass is 10.8. The van der Waals surface area contributed by atoms with Gasteiger partial charge in [0, 0.05) is 18.1 Å². The lowest BCUT2D eigenvalue weighted by molar-refractivity contribution is 1.15. The van der Waals surface area contributed by atoms with Gasteiger partial charge in [-0.15, -0.1) is 4.95 Å². The Hall–Kier alpha value is 0.180. The fraction of sp³-hybridized carbons (Fsp3) is 0.667. The quantitative estimate of drug-likeness (QED) is 0.0936. The number of nitrogens with two attached hydrogens (primary N) is 1. The lowest BCUT2D eigenvalue weighted by Crippen LogP contribution is -2.10. The van der Waals surface area contributed by atoms with E-state index in [0.29, 0.717) is 6.54 Å². The summed E-state index contributed by atoms with van der Waals surface area (Å²) in [5, 5.41) is 14.8. The molecule has 0 unspecified atom stereocenters. The van der Waals surface area contributed by atoms with Gasteiger partial charge in [-0.2, -0.15) is 50.6 Å². The number of nitriles is 1. The normalized spacial score (nSPS) is 9.75. The molecule has 0 spiro atoms. The van der Waals surface area contributed by atoms with Crippen molar-refractivity contribution in [3.8, 4) is 6.19 Å². The van der Waals surface area contributed by atoms with Crippen LogP contribution in [0.2, 0.25) is 0 Å². The number of amidine groups is 1. The van der Waals surface area contributed by atoms with Gasteiger partial charge in [0.15, 0.2) is 11.4 Å². The van der Waals surface area contributed by atoms with E-state index in [1.807, 2.05) is 18.7 Å². The molecule has 1 aliphatic heterocycles. The molecular formula is C12H28N6S6. The van der Waals surface area contributed by atoms with E-state index in [9.17, 15) is 0 Å². The van der Waals surface area contributed by atoms with Crippen molar-refractivity contribution in [2.45, 2.75) is 7.43 Å². The number of thiol groups is 2. The number of rotatable bonds is 1. The van der Waals surface area contributed by atoms with Gasteiger partial charge in [-0.1, -0.05) is 42.7 Å². The van der Waals surface area contributed by atoms with Crippen molar-refractivity contribution in [1.82, 2.24) is 5.32 Å². The Labute approximate surface area is 177 Å². The van der Waals surface area contributed by atoms with Crippen LogP contribution in [0.25, 0.3) is 4.95 Å². The van der Waals surface area contributed by atoms with Crippen LogP contribution in [0.4, 0.5) is 0 Å². The third-order valence-electron chi connectivity index (χ3n) is 1.36. The summed E-state index contributed by atoms with van der Waals surface area (Å²) in [5.41, 5.74) is 4.95. The molecule has 1 aliphatic rings. The average Bonchev–Trinajstić information content (AvgIpc) is 3.09. The van der Waals surface area contributed by atoms with Crippen LogP contribution >= 0.6 is 74.0 Å². The zero-order valence-electron chi connectivity index (χ0n) is 13.3. The molecule has 1 heterocycles. The van der Waals surface area contributed by atoms with E-state index in [1.165, 1.54) is 23.5 Å². The topological polar surface area (TPSA) is 90.9 Å². The van der Waals surface area contributed by atoms with Gasteiger partial charge in [0.1, 0.15) is 5.10 Å². The van der Waals surface area contributed by atoms with E-state index in [1.54, 1.807) is 18.0 Å². The highest BCUT2D eigenvalue weighted by atomic mass is 32.2. The van der Waals surface area contributed by atoms with Crippen LogP contribution in [0.15, 0.2) is 10.1 Å². The van der Waals surface area contributed by atoms with Gasteiger partial charge in [0.2, 0.25) is 4.38 Å². The molecule has 142 valence electrons. The molecule has 0 saturated heterocycles. The van der Waals surface area contributed by atoms with Crippen molar-refractivity contribution >= 4 is 83.6 Å². The van der Waals surface area contributed by atoms with Gasteiger partial charge in [-0.25, -0.2) is 0 Å². The predicted molar refractivity (Wildman–Crippen MR) is 130 cm³/mol. The van der Waals surface area contributed by atoms with Crippen molar-refractivity contribution in [2.75, 3.05) is 43.4 Å². The van der Waals surface area contributed by atoms with E-state index >= 15 is 0 Å². The van der Waals surface area contributed by atoms with E-state index in [4.69, 9.17) is 17.6 Å². The summed E-state index contributed by atoms with van der Waals surface area (Å²) in [4.78, 5) is 6.85. The lowest BCUT2D eigenvalue weighted by Gasteiger charge is -1.87.